The highest BCUT2D eigenvalue weighted by Crippen LogP contribution is 2.16. The van der Waals surface area contributed by atoms with E-state index in [0.29, 0.717) is 6.04 Å². The number of amides is 1. The van der Waals surface area contributed by atoms with E-state index >= 15 is 0 Å². The molecule has 0 radical (unpaired) electrons. The van der Waals surface area contributed by atoms with E-state index in [0.717, 1.165) is 19.4 Å². The number of carbonyl (C=O) groups is 1. The summed E-state index contributed by atoms with van der Waals surface area (Å²) in [6.45, 7) is 2.80. The van der Waals surface area contributed by atoms with Gasteiger partial charge < -0.3 is 15.8 Å². The molecule has 1 amide bonds. The van der Waals surface area contributed by atoms with Gasteiger partial charge in [0.05, 0.1) is 6.42 Å². The predicted octanol–water partition coefficient (Wildman–Crippen LogP) is 0.134. The van der Waals surface area contributed by atoms with E-state index in [1.54, 1.807) is 4.90 Å². The summed E-state index contributed by atoms with van der Waals surface area (Å²) in [5, 5.41) is 11.1. The fraction of sp³-hybridized carbons (Fsp3) is 0.750. The molecule has 1 aliphatic rings. The summed E-state index contributed by atoms with van der Waals surface area (Å²) in [7, 11) is 0. The number of nitrogens with two attached hydrogens (primary N) is 1. The molecule has 1 rings (SSSR count). The summed E-state index contributed by atoms with van der Waals surface area (Å²) in [5.41, 5.74) is 5.24. The van der Waals surface area contributed by atoms with Crippen LogP contribution in [0.4, 0.5) is 0 Å². The van der Waals surface area contributed by atoms with E-state index in [1.807, 2.05) is 6.92 Å². The number of likely N-dealkylation sites (tertiary alicyclic amines) is 1. The molecule has 5 heteroatoms. The standard InChI is InChI=1S/C8H15N3O2/c1-6-3-2-4-11(6)8(12)5-7(9)10-13/h6,13H,2-5H2,1H3,(H2,9,10). The van der Waals surface area contributed by atoms with Crippen molar-refractivity contribution in [1.82, 2.24) is 4.90 Å². The van der Waals surface area contributed by atoms with Crippen molar-refractivity contribution in [1.29, 1.82) is 0 Å². The molecule has 0 aromatic heterocycles. The van der Waals surface area contributed by atoms with E-state index in [9.17, 15) is 4.79 Å². The number of hydrogen-bond acceptors (Lipinski definition) is 3. The minimum atomic E-state index is -0.0553. The Balaban J connectivity index is 2.48. The van der Waals surface area contributed by atoms with Crippen molar-refractivity contribution < 1.29 is 10.0 Å². The first-order valence-corrected chi connectivity index (χ1v) is 4.41. The third-order valence-electron chi connectivity index (χ3n) is 2.33. The topological polar surface area (TPSA) is 78.9 Å². The number of nitrogens with zero attached hydrogens (tertiary/aromatic N) is 2. The highest BCUT2D eigenvalue weighted by atomic mass is 16.4. The molecule has 1 unspecified atom stereocenters. The highest BCUT2D eigenvalue weighted by Gasteiger charge is 2.25. The van der Waals surface area contributed by atoms with Crippen LogP contribution in [0.3, 0.4) is 0 Å². The van der Waals surface area contributed by atoms with E-state index in [4.69, 9.17) is 10.9 Å². The van der Waals surface area contributed by atoms with E-state index < -0.39 is 0 Å². The van der Waals surface area contributed by atoms with Crippen LogP contribution in [-0.4, -0.2) is 34.4 Å². The normalized spacial score (nSPS) is 23.6. The average Bonchev–Trinajstić information content (AvgIpc) is 2.51. The van der Waals surface area contributed by atoms with Gasteiger partial charge in [0, 0.05) is 12.6 Å². The van der Waals surface area contributed by atoms with Crippen molar-refractivity contribution in [3.63, 3.8) is 0 Å². The molecule has 0 saturated carbocycles. The number of amidine groups is 1. The summed E-state index contributed by atoms with van der Waals surface area (Å²) in [4.78, 5) is 13.3. The SMILES string of the molecule is CC1CCCN1C(=O)C/C(N)=N/O. The maximum Gasteiger partial charge on any atom is 0.230 e. The average molecular weight is 185 g/mol. The Labute approximate surface area is 77.2 Å². The monoisotopic (exact) mass is 185 g/mol. The molecule has 1 saturated heterocycles. The molecule has 0 aromatic carbocycles. The molecule has 13 heavy (non-hydrogen) atoms. The Morgan fingerprint density at radius 3 is 2.92 bits per heavy atom. The molecule has 1 heterocycles. The minimum absolute atomic E-state index is 0.0147. The van der Waals surface area contributed by atoms with Gasteiger partial charge in [-0.25, -0.2) is 0 Å². The fourth-order valence-corrected chi connectivity index (χ4v) is 1.60. The van der Waals surface area contributed by atoms with Gasteiger partial charge in [0.25, 0.3) is 0 Å². The maximum absolute atomic E-state index is 11.5. The molecule has 1 atom stereocenters. The van der Waals surface area contributed by atoms with Gasteiger partial charge in [-0.15, -0.1) is 0 Å². The Hall–Kier alpha value is -1.26. The van der Waals surface area contributed by atoms with Crippen LogP contribution < -0.4 is 5.73 Å². The molecule has 0 spiro atoms. The van der Waals surface area contributed by atoms with Crippen molar-refractivity contribution >= 4 is 11.7 Å². The van der Waals surface area contributed by atoms with Crippen molar-refractivity contribution in [2.24, 2.45) is 10.9 Å². The van der Waals surface area contributed by atoms with Gasteiger partial charge in [0.2, 0.25) is 5.91 Å². The number of rotatable bonds is 2. The molecule has 1 aliphatic heterocycles. The smallest absolute Gasteiger partial charge is 0.230 e. The lowest BCUT2D eigenvalue weighted by molar-refractivity contribution is -0.130. The quantitative estimate of drug-likeness (QED) is 0.278. The third kappa shape index (κ3) is 2.34. The summed E-state index contributed by atoms with van der Waals surface area (Å²) in [6.07, 6.45) is 2.10. The lowest BCUT2D eigenvalue weighted by Crippen LogP contribution is -2.36. The van der Waals surface area contributed by atoms with Crippen LogP contribution in [0.25, 0.3) is 0 Å². The zero-order chi connectivity index (χ0) is 9.84. The number of carbonyl (C=O) groups excluding carboxylic acids is 1. The minimum Gasteiger partial charge on any atom is -0.409 e. The molecule has 0 aliphatic carbocycles. The molecule has 74 valence electrons. The van der Waals surface area contributed by atoms with Gasteiger partial charge >= 0.3 is 0 Å². The Morgan fingerprint density at radius 1 is 1.77 bits per heavy atom. The molecule has 5 nitrogen and oxygen atoms in total. The van der Waals surface area contributed by atoms with Crippen molar-refractivity contribution in [2.45, 2.75) is 32.2 Å². The van der Waals surface area contributed by atoms with Crippen molar-refractivity contribution in [2.75, 3.05) is 6.54 Å². The van der Waals surface area contributed by atoms with Crippen LogP contribution in [-0.2, 0) is 4.79 Å². The first-order chi connectivity index (χ1) is 6.15. The Bertz CT molecular complexity index is 227. The molecular weight excluding hydrogens is 170 g/mol. The Kier molecular flexibility index (Phi) is 3.11. The maximum atomic E-state index is 11.5. The summed E-state index contributed by atoms with van der Waals surface area (Å²) in [6, 6.07) is 0.291. The van der Waals surface area contributed by atoms with E-state index in [-0.39, 0.29) is 18.2 Å². The van der Waals surface area contributed by atoms with E-state index in [2.05, 4.69) is 5.16 Å². The molecular formula is C8H15N3O2. The van der Waals surface area contributed by atoms with Gasteiger partial charge in [-0.3, -0.25) is 4.79 Å². The fourth-order valence-electron chi connectivity index (χ4n) is 1.60. The van der Waals surface area contributed by atoms with Crippen LogP contribution in [0.2, 0.25) is 0 Å². The van der Waals surface area contributed by atoms with Gasteiger partial charge in [-0.05, 0) is 19.8 Å². The second-order valence-electron chi connectivity index (χ2n) is 3.35. The van der Waals surface area contributed by atoms with Crippen molar-refractivity contribution in [3.05, 3.63) is 0 Å². The molecule has 1 fully saturated rings. The van der Waals surface area contributed by atoms with Gasteiger partial charge in [-0.1, -0.05) is 5.16 Å². The third-order valence-corrected chi connectivity index (χ3v) is 2.33. The molecule has 3 N–H and O–H groups in total. The second kappa shape index (κ2) is 4.11. The first kappa shape index (κ1) is 9.83. The lowest BCUT2D eigenvalue weighted by Gasteiger charge is -2.20. The first-order valence-electron chi connectivity index (χ1n) is 4.41. The molecule has 0 bridgehead atoms. The van der Waals surface area contributed by atoms with Gasteiger partial charge in [0.1, 0.15) is 5.84 Å². The van der Waals surface area contributed by atoms with Crippen LogP contribution in [0.1, 0.15) is 26.2 Å². The van der Waals surface area contributed by atoms with E-state index in [1.165, 1.54) is 0 Å². The molecule has 0 aromatic rings. The van der Waals surface area contributed by atoms with Gasteiger partial charge in [-0.2, -0.15) is 0 Å². The number of oxime groups is 1. The zero-order valence-corrected chi connectivity index (χ0v) is 7.73. The van der Waals surface area contributed by atoms with Crippen LogP contribution in [0.15, 0.2) is 5.16 Å². The Morgan fingerprint density at radius 2 is 2.46 bits per heavy atom. The summed E-state index contributed by atoms with van der Waals surface area (Å²) < 4.78 is 0. The summed E-state index contributed by atoms with van der Waals surface area (Å²) in [5.74, 6) is -0.0793. The summed E-state index contributed by atoms with van der Waals surface area (Å²) >= 11 is 0. The predicted molar refractivity (Wildman–Crippen MR) is 48.4 cm³/mol. The second-order valence-corrected chi connectivity index (χ2v) is 3.35. The largest absolute Gasteiger partial charge is 0.409 e. The lowest BCUT2D eigenvalue weighted by atomic mass is 10.2. The number of hydrogen-bond donors (Lipinski definition) is 2. The van der Waals surface area contributed by atoms with Crippen LogP contribution >= 0.6 is 0 Å². The van der Waals surface area contributed by atoms with Crippen molar-refractivity contribution in [3.8, 4) is 0 Å². The van der Waals surface area contributed by atoms with Gasteiger partial charge in [0.15, 0.2) is 0 Å². The zero-order valence-electron chi connectivity index (χ0n) is 7.73. The van der Waals surface area contributed by atoms with Crippen LogP contribution in [0.5, 0.6) is 0 Å². The van der Waals surface area contributed by atoms with Crippen LogP contribution in [0, 0.1) is 0 Å². The highest BCUT2D eigenvalue weighted by molar-refractivity contribution is 5.98.